The van der Waals surface area contributed by atoms with Crippen molar-refractivity contribution in [1.29, 1.82) is 0 Å². The van der Waals surface area contributed by atoms with Crippen LogP contribution in [-0.2, 0) is 20.7 Å². The van der Waals surface area contributed by atoms with Crippen molar-refractivity contribution >= 4 is 17.4 Å². The molecule has 3 rings (SSSR count). The first-order valence-corrected chi connectivity index (χ1v) is 8.92. The number of fused-ring (bicyclic) bond motifs is 1. The van der Waals surface area contributed by atoms with Crippen LogP contribution in [-0.4, -0.2) is 25.3 Å². The Morgan fingerprint density at radius 1 is 1.54 bits per heavy atom. The number of halogens is 2. The molecule has 0 radical (unpaired) electrons. The molecule has 0 N–H and O–H groups in total. The van der Waals surface area contributed by atoms with E-state index >= 15 is 0 Å². The van der Waals surface area contributed by atoms with Gasteiger partial charge in [-0.05, 0) is 36.8 Å². The molecule has 0 unspecified atom stereocenters. The first kappa shape index (κ1) is 18.9. The molecule has 0 bridgehead atoms. The average Bonchev–Trinajstić information content (AvgIpc) is 3.00. The zero-order valence-corrected chi connectivity index (χ0v) is 15.6. The molecule has 0 amide bonds. The minimum Gasteiger partial charge on any atom is -0.497 e. The summed E-state index contributed by atoms with van der Waals surface area (Å²) in [5, 5.41) is 0.433. The zero-order chi connectivity index (χ0) is 18.9. The fourth-order valence-corrected chi connectivity index (χ4v) is 3.96. The van der Waals surface area contributed by atoms with Gasteiger partial charge >= 0.3 is 0 Å². The molecule has 1 fully saturated rings. The van der Waals surface area contributed by atoms with E-state index in [1.165, 1.54) is 19.3 Å². The van der Waals surface area contributed by atoms with E-state index < -0.39 is 5.60 Å². The highest BCUT2D eigenvalue weighted by Crippen LogP contribution is 2.47. The topological polar surface area (TPSA) is 44.8 Å². The molecule has 0 saturated carbocycles. The SMILES string of the molecule is C=C(Cl)C[C@H]1C[C@]2([C@@H](C)Cc3ccc(OC)cc3F)OCOC2=CC1=O. The number of methoxy groups -OCH3 is 1. The van der Waals surface area contributed by atoms with Crippen molar-refractivity contribution in [3.63, 3.8) is 0 Å². The van der Waals surface area contributed by atoms with Gasteiger partial charge < -0.3 is 14.2 Å². The maximum Gasteiger partial charge on any atom is 0.189 e. The number of hydrogen-bond acceptors (Lipinski definition) is 4. The van der Waals surface area contributed by atoms with Crippen molar-refractivity contribution in [3.8, 4) is 5.75 Å². The lowest BCUT2D eigenvalue weighted by atomic mass is 9.71. The van der Waals surface area contributed by atoms with Crippen molar-refractivity contribution in [2.75, 3.05) is 13.9 Å². The molecule has 4 nitrogen and oxygen atoms in total. The molecule has 1 aliphatic carbocycles. The van der Waals surface area contributed by atoms with Gasteiger partial charge in [-0.1, -0.05) is 31.2 Å². The zero-order valence-electron chi connectivity index (χ0n) is 14.9. The molecule has 1 aliphatic heterocycles. The predicted molar refractivity (Wildman–Crippen MR) is 96.4 cm³/mol. The third kappa shape index (κ3) is 3.51. The average molecular weight is 381 g/mol. The number of allylic oxidation sites excluding steroid dienone is 2. The fraction of sp³-hybridized carbons (Fsp3) is 0.450. The minimum atomic E-state index is -0.753. The molecule has 1 saturated heterocycles. The summed E-state index contributed by atoms with van der Waals surface area (Å²) in [5.74, 6) is 0.231. The van der Waals surface area contributed by atoms with Crippen molar-refractivity contribution in [2.24, 2.45) is 11.8 Å². The molecular weight excluding hydrogens is 359 g/mol. The Bertz CT molecular complexity index is 760. The molecule has 1 aromatic carbocycles. The number of benzene rings is 1. The summed E-state index contributed by atoms with van der Waals surface area (Å²) >= 11 is 5.92. The molecule has 6 heteroatoms. The standard InChI is InChI=1S/C20H22ClFO4/c1-12(6-14-4-5-16(24-3)8-17(14)22)20-10-15(7-13(2)21)18(23)9-19(20)25-11-26-20/h4-5,8-9,12,15H,2,6-7,10-11H2,1,3H3/t12-,15-,20+/m0/s1. The second kappa shape index (κ2) is 7.41. The number of ether oxygens (including phenoxy) is 3. The van der Waals surface area contributed by atoms with Crippen LogP contribution in [0.4, 0.5) is 4.39 Å². The summed E-state index contributed by atoms with van der Waals surface area (Å²) in [6, 6.07) is 4.82. The van der Waals surface area contributed by atoms with E-state index in [2.05, 4.69) is 6.58 Å². The summed E-state index contributed by atoms with van der Waals surface area (Å²) in [7, 11) is 1.50. The first-order valence-electron chi connectivity index (χ1n) is 8.54. The largest absolute Gasteiger partial charge is 0.497 e. The van der Waals surface area contributed by atoms with Crippen molar-refractivity contribution in [1.82, 2.24) is 0 Å². The highest BCUT2D eigenvalue weighted by Gasteiger charge is 2.51. The van der Waals surface area contributed by atoms with E-state index in [1.807, 2.05) is 6.92 Å². The van der Waals surface area contributed by atoms with Gasteiger partial charge in [-0.15, -0.1) is 0 Å². The van der Waals surface area contributed by atoms with E-state index in [9.17, 15) is 9.18 Å². The minimum absolute atomic E-state index is 0.0363. The summed E-state index contributed by atoms with van der Waals surface area (Å²) in [6.45, 7) is 5.76. The van der Waals surface area contributed by atoms with E-state index in [4.69, 9.17) is 25.8 Å². The molecule has 2 aliphatic rings. The monoisotopic (exact) mass is 380 g/mol. The van der Waals surface area contributed by atoms with Gasteiger partial charge in [0, 0.05) is 23.1 Å². The maximum absolute atomic E-state index is 14.4. The third-order valence-electron chi connectivity index (χ3n) is 5.22. The molecule has 3 atom stereocenters. The van der Waals surface area contributed by atoms with Crippen LogP contribution < -0.4 is 4.74 Å². The summed E-state index contributed by atoms with van der Waals surface area (Å²) in [4.78, 5) is 12.3. The number of carbonyl (C=O) groups is 1. The van der Waals surface area contributed by atoms with Gasteiger partial charge in [-0.2, -0.15) is 0 Å². The van der Waals surface area contributed by atoms with Gasteiger partial charge in [0.25, 0.3) is 0 Å². The summed E-state index contributed by atoms with van der Waals surface area (Å²) in [6.07, 6.45) is 2.78. The number of hydrogen-bond donors (Lipinski definition) is 0. The molecule has 1 heterocycles. The van der Waals surface area contributed by atoms with Crippen molar-refractivity contribution in [2.45, 2.75) is 31.8 Å². The predicted octanol–water partition coefficient (Wildman–Crippen LogP) is 4.37. The highest BCUT2D eigenvalue weighted by molar-refractivity contribution is 6.29. The van der Waals surface area contributed by atoms with Crippen LogP contribution in [0.2, 0.25) is 0 Å². The number of carbonyl (C=O) groups excluding carboxylic acids is 1. The Balaban J connectivity index is 1.86. The van der Waals surface area contributed by atoms with Crippen LogP contribution in [0.15, 0.2) is 41.6 Å². The molecular formula is C20H22ClFO4. The van der Waals surface area contributed by atoms with Crippen LogP contribution in [0.25, 0.3) is 0 Å². The Morgan fingerprint density at radius 2 is 2.31 bits per heavy atom. The van der Waals surface area contributed by atoms with Crippen LogP contribution in [0.5, 0.6) is 5.75 Å². The first-order chi connectivity index (χ1) is 12.4. The quantitative estimate of drug-likeness (QED) is 0.735. The molecule has 26 heavy (non-hydrogen) atoms. The Hall–Kier alpha value is -1.85. The summed E-state index contributed by atoms with van der Waals surface area (Å²) < 4.78 is 30.9. The Kier molecular flexibility index (Phi) is 5.39. The van der Waals surface area contributed by atoms with Gasteiger partial charge in [0.1, 0.15) is 22.9 Å². The van der Waals surface area contributed by atoms with Gasteiger partial charge in [-0.3, -0.25) is 4.79 Å². The normalized spacial score (nSPS) is 25.9. The van der Waals surface area contributed by atoms with E-state index in [1.54, 1.807) is 12.1 Å². The second-order valence-corrected chi connectivity index (χ2v) is 7.43. The van der Waals surface area contributed by atoms with Crippen LogP contribution in [0.3, 0.4) is 0 Å². The highest BCUT2D eigenvalue weighted by atomic mass is 35.5. The molecule has 140 valence electrons. The smallest absolute Gasteiger partial charge is 0.189 e. The van der Waals surface area contributed by atoms with E-state index in [-0.39, 0.29) is 30.2 Å². The lowest BCUT2D eigenvalue weighted by Gasteiger charge is -2.38. The van der Waals surface area contributed by atoms with E-state index in [0.29, 0.717) is 41.4 Å². The van der Waals surface area contributed by atoms with Crippen LogP contribution >= 0.6 is 11.6 Å². The molecule has 0 spiro atoms. The third-order valence-corrected chi connectivity index (χ3v) is 5.38. The van der Waals surface area contributed by atoms with Crippen LogP contribution in [0, 0.1) is 17.7 Å². The number of ketones is 1. The Morgan fingerprint density at radius 3 is 2.96 bits per heavy atom. The molecule has 1 aromatic rings. The van der Waals surface area contributed by atoms with Gasteiger partial charge in [0.15, 0.2) is 12.6 Å². The maximum atomic E-state index is 14.4. The van der Waals surface area contributed by atoms with Gasteiger partial charge in [-0.25, -0.2) is 4.39 Å². The van der Waals surface area contributed by atoms with Crippen LogP contribution in [0.1, 0.15) is 25.3 Å². The Labute approximate surface area is 157 Å². The lowest BCUT2D eigenvalue weighted by molar-refractivity contribution is -0.123. The second-order valence-electron chi connectivity index (χ2n) is 6.89. The summed E-state index contributed by atoms with van der Waals surface area (Å²) in [5.41, 5.74) is -0.185. The van der Waals surface area contributed by atoms with Gasteiger partial charge in [0.05, 0.1) is 7.11 Å². The van der Waals surface area contributed by atoms with E-state index in [0.717, 1.165) is 0 Å². The van der Waals surface area contributed by atoms with Crippen molar-refractivity contribution in [3.05, 3.63) is 53.0 Å². The lowest BCUT2D eigenvalue weighted by Crippen LogP contribution is -2.45. The van der Waals surface area contributed by atoms with Crippen molar-refractivity contribution < 1.29 is 23.4 Å². The molecule has 0 aromatic heterocycles. The number of rotatable bonds is 6. The van der Waals surface area contributed by atoms with Gasteiger partial charge in [0.2, 0.25) is 0 Å². The fourth-order valence-electron chi connectivity index (χ4n) is 3.77.